The molecule has 0 aliphatic carbocycles. The second kappa shape index (κ2) is 9.65. The zero-order chi connectivity index (χ0) is 14.0. The lowest BCUT2D eigenvalue weighted by molar-refractivity contribution is -0.0209. The van der Waals surface area contributed by atoms with Gasteiger partial charge in [0.15, 0.2) is 0 Å². The number of nitrogens with two attached hydrogens (primary N) is 1. The van der Waals surface area contributed by atoms with Crippen molar-refractivity contribution in [2.45, 2.75) is 19.0 Å². The fraction of sp³-hybridized carbons (Fsp3) is 1.00. The Morgan fingerprint density at radius 2 is 1.80 bits per heavy atom. The summed E-state index contributed by atoms with van der Waals surface area (Å²) in [4.78, 5) is 4.94. The van der Waals surface area contributed by atoms with Crippen molar-refractivity contribution in [3.05, 3.63) is 0 Å². The van der Waals surface area contributed by atoms with E-state index in [0.29, 0.717) is 6.17 Å². The van der Waals surface area contributed by atoms with Crippen molar-refractivity contribution in [2.24, 2.45) is 5.73 Å². The molecular weight excluding hydrogens is 256 g/mol. The van der Waals surface area contributed by atoms with Gasteiger partial charge in [-0.2, -0.15) is 0 Å². The topological polar surface area (TPSA) is 63.0 Å². The summed E-state index contributed by atoms with van der Waals surface area (Å²) in [6, 6.07) is 0. The molecule has 2 rings (SSSR count). The molecule has 6 heteroatoms. The van der Waals surface area contributed by atoms with Gasteiger partial charge in [-0.3, -0.25) is 15.1 Å². The minimum atomic E-state index is 0.361. The Bertz CT molecular complexity index is 249. The molecule has 0 aromatic heterocycles. The largest absolute Gasteiger partial charge is 0.379 e. The van der Waals surface area contributed by atoms with E-state index in [-0.39, 0.29) is 0 Å². The van der Waals surface area contributed by atoms with E-state index in [9.17, 15) is 0 Å². The van der Waals surface area contributed by atoms with Crippen LogP contribution in [0.2, 0.25) is 0 Å². The first-order valence-electron chi connectivity index (χ1n) is 7.95. The maximum Gasteiger partial charge on any atom is 0.0839 e. The van der Waals surface area contributed by atoms with E-state index in [4.69, 9.17) is 15.2 Å². The first kappa shape index (κ1) is 16.1. The van der Waals surface area contributed by atoms with Crippen molar-refractivity contribution in [3.63, 3.8) is 0 Å². The van der Waals surface area contributed by atoms with Gasteiger partial charge in [0.1, 0.15) is 0 Å². The zero-order valence-corrected chi connectivity index (χ0v) is 12.6. The number of nitrogens with one attached hydrogen (secondary N) is 1. The predicted molar refractivity (Wildman–Crippen MR) is 79.7 cm³/mol. The molecule has 3 N–H and O–H groups in total. The molecule has 0 saturated carbocycles. The van der Waals surface area contributed by atoms with Gasteiger partial charge in [0.2, 0.25) is 0 Å². The monoisotopic (exact) mass is 286 g/mol. The van der Waals surface area contributed by atoms with Crippen molar-refractivity contribution in [2.75, 3.05) is 72.2 Å². The number of hydrogen-bond donors (Lipinski definition) is 2. The second-order valence-corrected chi connectivity index (χ2v) is 5.53. The summed E-state index contributed by atoms with van der Waals surface area (Å²) in [5, 5.41) is 3.62. The lowest BCUT2D eigenvalue weighted by atomic mass is 10.3. The summed E-state index contributed by atoms with van der Waals surface area (Å²) in [5.41, 5.74) is 5.60. The molecule has 2 saturated heterocycles. The molecule has 1 atom stereocenters. The summed E-state index contributed by atoms with van der Waals surface area (Å²) in [7, 11) is 0. The van der Waals surface area contributed by atoms with Crippen LogP contribution in [0.3, 0.4) is 0 Å². The van der Waals surface area contributed by atoms with Gasteiger partial charge in [-0.05, 0) is 32.5 Å². The molecule has 0 aromatic carbocycles. The van der Waals surface area contributed by atoms with E-state index in [1.807, 2.05) is 0 Å². The molecule has 0 bridgehead atoms. The number of hydrogen-bond acceptors (Lipinski definition) is 6. The van der Waals surface area contributed by atoms with Gasteiger partial charge in [0, 0.05) is 26.2 Å². The second-order valence-electron chi connectivity index (χ2n) is 5.53. The normalized spacial score (nSPS) is 25.9. The van der Waals surface area contributed by atoms with Gasteiger partial charge < -0.3 is 15.2 Å². The highest BCUT2D eigenvalue weighted by atomic mass is 16.5. The number of rotatable bonds is 8. The van der Waals surface area contributed by atoms with Crippen LogP contribution >= 0.6 is 0 Å². The Kier molecular flexibility index (Phi) is 7.79. The first-order chi connectivity index (χ1) is 9.90. The van der Waals surface area contributed by atoms with E-state index in [2.05, 4.69) is 15.1 Å². The van der Waals surface area contributed by atoms with E-state index < -0.39 is 0 Å². The number of ether oxygens (including phenoxy) is 2. The highest BCUT2D eigenvalue weighted by Gasteiger charge is 2.21. The SMILES string of the molecule is NCCCN1CCOCC1NCCCN1CCOCC1. The minimum absolute atomic E-state index is 0.361. The van der Waals surface area contributed by atoms with Crippen LogP contribution in [-0.4, -0.2) is 88.2 Å². The molecule has 2 aliphatic heterocycles. The average Bonchev–Trinajstić information content (AvgIpc) is 2.51. The molecule has 2 fully saturated rings. The summed E-state index contributed by atoms with van der Waals surface area (Å²) in [6.07, 6.45) is 2.60. The minimum Gasteiger partial charge on any atom is -0.379 e. The van der Waals surface area contributed by atoms with E-state index in [1.165, 1.54) is 6.42 Å². The molecule has 0 amide bonds. The highest BCUT2D eigenvalue weighted by Crippen LogP contribution is 2.05. The van der Waals surface area contributed by atoms with Crippen molar-refractivity contribution >= 4 is 0 Å². The Morgan fingerprint density at radius 1 is 1.00 bits per heavy atom. The lowest BCUT2D eigenvalue weighted by Crippen LogP contribution is -2.54. The molecular formula is C14H30N4O2. The third-order valence-electron chi connectivity index (χ3n) is 4.02. The molecule has 1 unspecified atom stereocenters. The number of nitrogens with zero attached hydrogens (tertiary/aromatic N) is 2. The molecule has 2 aliphatic rings. The van der Waals surface area contributed by atoms with Crippen LogP contribution in [-0.2, 0) is 9.47 Å². The van der Waals surface area contributed by atoms with Crippen LogP contribution < -0.4 is 11.1 Å². The zero-order valence-electron chi connectivity index (χ0n) is 12.6. The quantitative estimate of drug-likeness (QED) is 0.576. The van der Waals surface area contributed by atoms with E-state index in [1.54, 1.807) is 0 Å². The average molecular weight is 286 g/mol. The van der Waals surface area contributed by atoms with Crippen molar-refractivity contribution in [1.82, 2.24) is 15.1 Å². The van der Waals surface area contributed by atoms with Crippen LogP contribution in [0, 0.1) is 0 Å². The highest BCUT2D eigenvalue weighted by molar-refractivity contribution is 4.74. The molecule has 6 nitrogen and oxygen atoms in total. The Balaban J connectivity index is 1.58. The number of morpholine rings is 2. The summed E-state index contributed by atoms with van der Waals surface area (Å²) < 4.78 is 10.9. The summed E-state index contributed by atoms with van der Waals surface area (Å²) in [6.45, 7) is 10.6. The predicted octanol–water partition coefficient (Wildman–Crippen LogP) is -0.695. The Morgan fingerprint density at radius 3 is 2.60 bits per heavy atom. The van der Waals surface area contributed by atoms with E-state index >= 15 is 0 Å². The van der Waals surface area contributed by atoms with Crippen molar-refractivity contribution < 1.29 is 9.47 Å². The van der Waals surface area contributed by atoms with Crippen LogP contribution in [0.1, 0.15) is 12.8 Å². The summed E-state index contributed by atoms with van der Waals surface area (Å²) >= 11 is 0. The van der Waals surface area contributed by atoms with Crippen LogP contribution in [0.5, 0.6) is 0 Å². The molecule has 118 valence electrons. The maximum atomic E-state index is 5.60. The van der Waals surface area contributed by atoms with Gasteiger partial charge in [-0.25, -0.2) is 0 Å². The third-order valence-corrected chi connectivity index (χ3v) is 4.02. The molecule has 0 radical (unpaired) electrons. The van der Waals surface area contributed by atoms with Gasteiger partial charge in [-0.15, -0.1) is 0 Å². The third kappa shape index (κ3) is 5.63. The van der Waals surface area contributed by atoms with Crippen molar-refractivity contribution in [3.8, 4) is 0 Å². The van der Waals surface area contributed by atoms with Crippen LogP contribution in [0.25, 0.3) is 0 Å². The molecule has 20 heavy (non-hydrogen) atoms. The standard InChI is InChI=1S/C14H30N4O2/c15-3-1-6-18-9-12-20-13-14(18)16-4-2-5-17-7-10-19-11-8-17/h14,16H,1-13,15H2. The van der Waals surface area contributed by atoms with Gasteiger partial charge >= 0.3 is 0 Å². The maximum absolute atomic E-state index is 5.60. The Labute approximate surface area is 122 Å². The van der Waals surface area contributed by atoms with E-state index in [0.717, 1.165) is 78.7 Å². The van der Waals surface area contributed by atoms with Crippen LogP contribution in [0.15, 0.2) is 0 Å². The molecule has 0 spiro atoms. The summed E-state index contributed by atoms with van der Waals surface area (Å²) in [5.74, 6) is 0. The smallest absolute Gasteiger partial charge is 0.0839 e. The molecule has 2 heterocycles. The van der Waals surface area contributed by atoms with Gasteiger partial charge in [0.25, 0.3) is 0 Å². The van der Waals surface area contributed by atoms with Crippen molar-refractivity contribution in [1.29, 1.82) is 0 Å². The van der Waals surface area contributed by atoms with Gasteiger partial charge in [-0.1, -0.05) is 0 Å². The fourth-order valence-electron chi connectivity index (χ4n) is 2.78. The van der Waals surface area contributed by atoms with Gasteiger partial charge in [0.05, 0.1) is 32.6 Å². The Hall–Kier alpha value is -0.240. The molecule has 0 aromatic rings. The first-order valence-corrected chi connectivity index (χ1v) is 7.95. The lowest BCUT2D eigenvalue weighted by Gasteiger charge is -2.36. The van der Waals surface area contributed by atoms with Crippen LogP contribution in [0.4, 0.5) is 0 Å². The fourth-order valence-corrected chi connectivity index (χ4v) is 2.78.